The molecule has 1 aromatic rings. The van der Waals surface area contributed by atoms with Crippen LogP contribution in [0.25, 0.3) is 0 Å². The number of hydrogen-bond acceptors (Lipinski definition) is 4. The van der Waals surface area contributed by atoms with E-state index in [9.17, 15) is 9.18 Å². The van der Waals surface area contributed by atoms with Crippen LogP contribution in [0.5, 0.6) is 5.75 Å². The lowest BCUT2D eigenvalue weighted by atomic mass is 10.1. The van der Waals surface area contributed by atoms with Gasteiger partial charge in [-0.1, -0.05) is 0 Å². The zero-order valence-corrected chi connectivity index (χ0v) is 14.2. The molecule has 6 heteroatoms. The number of piperidine rings is 1. The van der Waals surface area contributed by atoms with Gasteiger partial charge < -0.3 is 20.3 Å². The van der Waals surface area contributed by atoms with Crippen LogP contribution in [0.15, 0.2) is 18.2 Å². The molecule has 1 unspecified atom stereocenters. The monoisotopic (exact) mass is 335 g/mol. The Bertz CT molecular complexity index is 575. The highest BCUT2D eigenvalue weighted by Gasteiger charge is 2.22. The van der Waals surface area contributed by atoms with E-state index in [1.807, 2.05) is 11.0 Å². The van der Waals surface area contributed by atoms with Crippen molar-refractivity contribution in [3.8, 4) is 5.75 Å². The van der Waals surface area contributed by atoms with Crippen molar-refractivity contribution in [1.82, 2.24) is 15.5 Å². The van der Waals surface area contributed by atoms with Gasteiger partial charge >= 0.3 is 0 Å². The van der Waals surface area contributed by atoms with Gasteiger partial charge in [0.25, 0.3) is 0 Å². The number of carbonyl (C=O) groups excluding carboxylic acids is 1. The van der Waals surface area contributed by atoms with Crippen LogP contribution >= 0.6 is 0 Å². The second-order valence-corrected chi connectivity index (χ2v) is 6.61. The number of nitrogens with one attached hydrogen (secondary N) is 2. The van der Waals surface area contributed by atoms with Crippen molar-refractivity contribution in [2.24, 2.45) is 0 Å². The zero-order chi connectivity index (χ0) is 16.9. The van der Waals surface area contributed by atoms with Crippen LogP contribution in [0, 0.1) is 5.82 Å². The predicted molar refractivity (Wildman–Crippen MR) is 90.5 cm³/mol. The van der Waals surface area contributed by atoms with Crippen LogP contribution < -0.4 is 15.4 Å². The summed E-state index contributed by atoms with van der Waals surface area (Å²) in [4.78, 5) is 13.5. The number of halogens is 1. The van der Waals surface area contributed by atoms with Gasteiger partial charge in [0.2, 0.25) is 5.91 Å². The molecule has 132 valence electrons. The Morgan fingerprint density at radius 3 is 2.79 bits per heavy atom. The Hall–Kier alpha value is -1.66. The van der Waals surface area contributed by atoms with Gasteiger partial charge in [-0.05, 0) is 56.6 Å². The quantitative estimate of drug-likeness (QED) is 0.885. The Kier molecular flexibility index (Phi) is 5.68. The summed E-state index contributed by atoms with van der Waals surface area (Å²) in [6, 6.07) is 4.83. The highest BCUT2D eigenvalue weighted by molar-refractivity contribution is 5.73. The molecule has 2 aliphatic rings. The summed E-state index contributed by atoms with van der Waals surface area (Å²) in [7, 11) is 0. The van der Waals surface area contributed by atoms with E-state index in [4.69, 9.17) is 4.74 Å². The number of ether oxygens (including phenoxy) is 1. The molecule has 24 heavy (non-hydrogen) atoms. The number of hydrogen-bond donors (Lipinski definition) is 2. The van der Waals surface area contributed by atoms with Crippen LogP contribution in [0.2, 0.25) is 0 Å². The fourth-order valence-electron chi connectivity index (χ4n) is 3.39. The Morgan fingerprint density at radius 2 is 2.04 bits per heavy atom. The van der Waals surface area contributed by atoms with Gasteiger partial charge in [-0.3, -0.25) is 4.79 Å². The van der Waals surface area contributed by atoms with Crippen molar-refractivity contribution in [2.45, 2.75) is 38.3 Å². The lowest BCUT2D eigenvalue weighted by Gasteiger charge is -2.26. The van der Waals surface area contributed by atoms with Gasteiger partial charge in [-0.15, -0.1) is 0 Å². The maximum Gasteiger partial charge on any atom is 0.219 e. The lowest BCUT2D eigenvalue weighted by molar-refractivity contribution is -0.128. The average molecular weight is 335 g/mol. The molecular weight excluding hydrogens is 309 g/mol. The molecule has 2 heterocycles. The van der Waals surface area contributed by atoms with Crippen molar-refractivity contribution in [3.05, 3.63) is 29.6 Å². The van der Waals surface area contributed by atoms with Crippen LogP contribution in [-0.2, 0) is 4.79 Å². The third kappa shape index (κ3) is 4.45. The molecule has 2 N–H and O–H groups in total. The maximum absolute atomic E-state index is 14.1. The maximum atomic E-state index is 14.1. The van der Waals surface area contributed by atoms with Gasteiger partial charge in [0, 0.05) is 26.1 Å². The summed E-state index contributed by atoms with van der Waals surface area (Å²) >= 11 is 0. The van der Waals surface area contributed by atoms with E-state index in [1.165, 1.54) is 12.1 Å². The van der Waals surface area contributed by atoms with Crippen LogP contribution in [0.4, 0.5) is 4.39 Å². The topological polar surface area (TPSA) is 53.6 Å². The second kappa shape index (κ2) is 7.94. The Morgan fingerprint density at radius 1 is 1.25 bits per heavy atom. The number of benzene rings is 1. The SMILES string of the molecule is CC(=O)N1CCCNC(c2cc(F)cc(OC3CCNCC3)c2)C1. The first-order valence-electron chi connectivity index (χ1n) is 8.78. The zero-order valence-electron chi connectivity index (χ0n) is 14.2. The van der Waals surface area contributed by atoms with Gasteiger partial charge in [0.1, 0.15) is 17.7 Å². The molecule has 3 rings (SSSR count). The summed E-state index contributed by atoms with van der Waals surface area (Å²) in [6.45, 7) is 5.57. The fraction of sp³-hybridized carbons (Fsp3) is 0.611. The Labute approximate surface area is 142 Å². The summed E-state index contributed by atoms with van der Waals surface area (Å²) in [5.41, 5.74) is 0.840. The minimum Gasteiger partial charge on any atom is -0.490 e. The average Bonchev–Trinajstić information content (AvgIpc) is 2.81. The van der Waals surface area contributed by atoms with E-state index < -0.39 is 0 Å². The van der Waals surface area contributed by atoms with E-state index in [0.717, 1.165) is 51.0 Å². The van der Waals surface area contributed by atoms with Crippen molar-refractivity contribution >= 4 is 5.91 Å². The third-order valence-corrected chi connectivity index (χ3v) is 4.73. The Balaban J connectivity index is 1.75. The van der Waals surface area contributed by atoms with Crippen molar-refractivity contribution in [1.29, 1.82) is 0 Å². The minimum atomic E-state index is -0.295. The first-order chi connectivity index (χ1) is 11.6. The highest BCUT2D eigenvalue weighted by Crippen LogP contribution is 2.25. The smallest absolute Gasteiger partial charge is 0.219 e. The van der Waals surface area contributed by atoms with Gasteiger partial charge in [0.05, 0.1) is 6.04 Å². The second-order valence-electron chi connectivity index (χ2n) is 6.61. The number of nitrogens with zero attached hydrogens (tertiary/aromatic N) is 1. The summed E-state index contributed by atoms with van der Waals surface area (Å²) in [6.07, 6.45) is 2.91. The van der Waals surface area contributed by atoms with Crippen LogP contribution in [0.3, 0.4) is 0 Å². The van der Waals surface area contributed by atoms with Crippen molar-refractivity contribution in [2.75, 3.05) is 32.7 Å². The molecule has 0 spiro atoms. The normalized spacial score (nSPS) is 22.9. The fourth-order valence-corrected chi connectivity index (χ4v) is 3.39. The molecule has 0 aromatic heterocycles. The highest BCUT2D eigenvalue weighted by atomic mass is 19.1. The van der Waals surface area contributed by atoms with E-state index in [1.54, 1.807) is 6.92 Å². The third-order valence-electron chi connectivity index (χ3n) is 4.73. The van der Waals surface area contributed by atoms with Crippen molar-refractivity contribution in [3.63, 3.8) is 0 Å². The molecule has 0 aliphatic carbocycles. The summed E-state index contributed by atoms with van der Waals surface area (Å²) in [5, 5.41) is 6.71. The number of carbonyl (C=O) groups is 1. The minimum absolute atomic E-state index is 0.0614. The number of rotatable bonds is 3. The molecule has 0 saturated carbocycles. The van der Waals surface area contributed by atoms with Gasteiger partial charge in [-0.2, -0.15) is 0 Å². The molecular formula is C18H26FN3O2. The first kappa shape index (κ1) is 17.2. The molecule has 1 atom stereocenters. The summed E-state index contributed by atoms with van der Waals surface area (Å²) in [5.74, 6) is 0.348. The van der Waals surface area contributed by atoms with E-state index in [0.29, 0.717) is 12.3 Å². The molecule has 1 amide bonds. The lowest BCUT2D eigenvalue weighted by Crippen LogP contribution is -2.35. The van der Waals surface area contributed by atoms with Crippen LogP contribution in [0.1, 0.15) is 37.8 Å². The van der Waals surface area contributed by atoms with Crippen molar-refractivity contribution < 1.29 is 13.9 Å². The molecule has 2 fully saturated rings. The molecule has 0 bridgehead atoms. The summed E-state index contributed by atoms with van der Waals surface area (Å²) < 4.78 is 20.1. The predicted octanol–water partition coefficient (Wildman–Crippen LogP) is 1.84. The number of amides is 1. The van der Waals surface area contributed by atoms with E-state index in [2.05, 4.69) is 10.6 Å². The first-order valence-corrected chi connectivity index (χ1v) is 8.78. The molecule has 1 aromatic carbocycles. The van der Waals surface area contributed by atoms with E-state index >= 15 is 0 Å². The molecule has 0 radical (unpaired) electrons. The molecule has 2 aliphatic heterocycles. The molecule has 5 nitrogen and oxygen atoms in total. The molecule has 2 saturated heterocycles. The largest absolute Gasteiger partial charge is 0.490 e. The van der Waals surface area contributed by atoms with Gasteiger partial charge in [0.15, 0.2) is 0 Å². The standard InChI is InChI=1S/C18H26FN3O2/c1-13(23)22-8-2-5-21-18(12-22)14-9-15(19)11-17(10-14)24-16-3-6-20-7-4-16/h9-11,16,18,20-21H,2-8,12H2,1H3. The van der Waals surface area contributed by atoms with Gasteiger partial charge in [-0.25, -0.2) is 4.39 Å². The van der Waals surface area contributed by atoms with Crippen LogP contribution in [-0.4, -0.2) is 49.6 Å². The van der Waals surface area contributed by atoms with E-state index in [-0.39, 0.29) is 23.9 Å².